The van der Waals surface area contributed by atoms with Gasteiger partial charge in [0.2, 0.25) is 0 Å². The Kier molecular flexibility index (Phi) is 9.21. The van der Waals surface area contributed by atoms with Crippen molar-refractivity contribution in [3.8, 4) is 0 Å². The molecule has 0 bridgehead atoms. The predicted molar refractivity (Wildman–Crippen MR) is 100 cm³/mol. The number of nitro groups is 1. The highest BCUT2D eigenvalue weighted by Gasteiger charge is 2.05. The van der Waals surface area contributed by atoms with Gasteiger partial charge < -0.3 is 15.5 Å². The Morgan fingerprint density at radius 3 is 2.11 bits per heavy atom. The van der Waals surface area contributed by atoms with Gasteiger partial charge in [-0.2, -0.15) is 0 Å². The van der Waals surface area contributed by atoms with Crippen LogP contribution in [0.15, 0.2) is 42.5 Å². The third-order valence-corrected chi connectivity index (χ3v) is 3.83. The van der Waals surface area contributed by atoms with Crippen molar-refractivity contribution in [1.82, 2.24) is 5.32 Å². The second-order valence-electron chi connectivity index (χ2n) is 5.20. The number of halogens is 2. The Bertz CT molecular complexity index is 800. The van der Waals surface area contributed by atoms with Crippen molar-refractivity contribution in [2.24, 2.45) is 0 Å². The maximum absolute atomic E-state index is 10.6. The first kappa shape index (κ1) is 22.4. The standard InChI is InChI=1S/C15H14Cl2N2O2.C2H2O4/c16-13-4-3-12(15(17)9-13)7-8-18-10-11-1-5-14(6-2-11)19(20)21;3-1(4)2(5)6/h1-6,9,18H,7-8,10H2;(H,3,4)(H,5,6). The van der Waals surface area contributed by atoms with Crippen LogP contribution in [0.1, 0.15) is 11.1 Å². The van der Waals surface area contributed by atoms with E-state index in [-0.39, 0.29) is 5.69 Å². The fourth-order valence-corrected chi connectivity index (χ4v) is 2.42. The maximum atomic E-state index is 10.6. The van der Waals surface area contributed by atoms with E-state index in [1.165, 1.54) is 12.1 Å². The Hall–Kier alpha value is -2.68. The van der Waals surface area contributed by atoms with Gasteiger partial charge in [-0.15, -0.1) is 0 Å². The van der Waals surface area contributed by atoms with Crippen LogP contribution in [0.3, 0.4) is 0 Å². The summed E-state index contributed by atoms with van der Waals surface area (Å²) in [5.74, 6) is -3.65. The normalized spacial score (nSPS) is 9.85. The number of hydrogen-bond acceptors (Lipinski definition) is 5. The van der Waals surface area contributed by atoms with Gasteiger partial charge in [-0.05, 0) is 36.2 Å². The molecule has 8 nitrogen and oxygen atoms in total. The number of carbonyl (C=O) groups is 2. The van der Waals surface area contributed by atoms with Gasteiger partial charge in [0.1, 0.15) is 0 Å². The number of carboxylic acid groups (broad SMARTS) is 2. The first-order valence-electron chi connectivity index (χ1n) is 7.55. The quantitative estimate of drug-likeness (QED) is 0.285. The van der Waals surface area contributed by atoms with Crippen LogP contribution in [0.25, 0.3) is 0 Å². The monoisotopic (exact) mass is 414 g/mol. The molecule has 0 heterocycles. The maximum Gasteiger partial charge on any atom is 0.414 e. The van der Waals surface area contributed by atoms with Gasteiger partial charge in [0.25, 0.3) is 5.69 Å². The second-order valence-corrected chi connectivity index (χ2v) is 6.04. The molecule has 2 aromatic carbocycles. The number of nitrogens with one attached hydrogen (secondary N) is 1. The van der Waals surface area contributed by atoms with Crippen molar-refractivity contribution in [2.75, 3.05) is 6.54 Å². The summed E-state index contributed by atoms with van der Waals surface area (Å²) >= 11 is 11.9. The Morgan fingerprint density at radius 1 is 1.04 bits per heavy atom. The van der Waals surface area contributed by atoms with E-state index in [2.05, 4.69) is 5.32 Å². The summed E-state index contributed by atoms with van der Waals surface area (Å²) in [7, 11) is 0. The van der Waals surface area contributed by atoms with Gasteiger partial charge in [-0.3, -0.25) is 10.1 Å². The summed E-state index contributed by atoms with van der Waals surface area (Å²) in [4.78, 5) is 28.3. The number of benzene rings is 2. The summed E-state index contributed by atoms with van der Waals surface area (Å²) in [5, 5.41) is 29.9. The van der Waals surface area contributed by atoms with E-state index < -0.39 is 16.9 Å². The van der Waals surface area contributed by atoms with E-state index in [0.29, 0.717) is 16.6 Å². The van der Waals surface area contributed by atoms with E-state index in [0.717, 1.165) is 24.1 Å². The average Bonchev–Trinajstić information content (AvgIpc) is 2.61. The summed E-state index contributed by atoms with van der Waals surface area (Å²) in [5.41, 5.74) is 2.15. The van der Waals surface area contributed by atoms with Gasteiger partial charge in [0.15, 0.2) is 0 Å². The van der Waals surface area contributed by atoms with Crippen LogP contribution in [0, 0.1) is 10.1 Å². The average molecular weight is 415 g/mol. The molecule has 0 amide bonds. The SMILES string of the molecule is O=C(O)C(=O)O.O=[N+]([O-])c1ccc(CNCCc2ccc(Cl)cc2Cl)cc1. The molecule has 0 radical (unpaired) electrons. The topological polar surface area (TPSA) is 130 Å². The number of nitrogens with zero attached hydrogens (tertiary/aromatic N) is 1. The lowest BCUT2D eigenvalue weighted by Crippen LogP contribution is -2.16. The van der Waals surface area contributed by atoms with Crippen molar-refractivity contribution in [3.63, 3.8) is 0 Å². The fraction of sp³-hybridized carbons (Fsp3) is 0.176. The second kappa shape index (κ2) is 11.1. The van der Waals surface area contributed by atoms with Gasteiger partial charge >= 0.3 is 11.9 Å². The highest BCUT2D eigenvalue weighted by Crippen LogP contribution is 2.21. The molecular formula is C17H16Cl2N2O6. The minimum atomic E-state index is -1.82. The highest BCUT2D eigenvalue weighted by molar-refractivity contribution is 6.35. The van der Waals surface area contributed by atoms with Crippen LogP contribution >= 0.6 is 23.2 Å². The zero-order valence-electron chi connectivity index (χ0n) is 13.9. The lowest BCUT2D eigenvalue weighted by atomic mass is 10.1. The van der Waals surface area contributed by atoms with Crippen molar-refractivity contribution >= 4 is 40.8 Å². The first-order chi connectivity index (χ1) is 12.7. The summed E-state index contributed by atoms with van der Waals surface area (Å²) in [6.45, 7) is 1.42. The molecule has 2 aromatic rings. The predicted octanol–water partition coefficient (Wildman–Crippen LogP) is 3.39. The van der Waals surface area contributed by atoms with Crippen molar-refractivity contribution in [3.05, 3.63) is 73.8 Å². The molecular weight excluding hydrogens is 399 g/mol. The number of nitro benzene ring substituents is 1. The third kappa shape index (κ3) is 8.50. The van der Waals surface area contributed by atoms with Crippen molar-refractivity contribution < 1.29 is 24.7 Å². The van der Waals surface area contributed by atoms with Gasteiger partial charge in [0, 0.05) is 28.7 Å². The smallest absolute Gasteiger partial charge is 0.414 e. The molecule has 0 atom stereocenters. The number of aliphatic carboxylic acids is 2. The molecule has 0 unspecified atom stereocenters. The molecule has 0 aliphatic heterocycles. The van der Waals surface area contributed by atoms with Crippen LogP contribution in [-0.4, -0.2) is 33.6 Å². The Labute approximate surface area is 164 Å². The van der Waals surface area contributed by atoms with E-state index in [1.807, 2.05) is 12.1 Å². The van der Waals surface area contributed by atoms with E-state index >= 15 is 0 Å². The Balaban J connectivity index is 0.000000527. The Morgan fingerprint density at radius 2 is 1.63 bits per heavy atom. The van der Waals surface area contributed by atoms with Crippen molar-refractivity contribution in [1.29, 1.82) is 0 Å². The molecule has 3 N–H and O–H groups in total. The first-order valence-corrected chi connectivity index (χ1v) is 8.30. The summed E-state index contributed by atoms with van der Waals surface area (Å²) in [6.07, 6.45) is 0.795. The summed E-state index contributed by atoms with van der Waals surface area (Å²) in [6, 6.07) is 12.0. The van der Waals surface area contributed by atoms with Gasteiger partial charge in [-0.1, -0.05) is 41.4 Å². The van der Waals surface area contributed by atoms with E-state index in [9.17, 15) is 10.1 Å². The summed E-state index contributed by atoms with van der Waals surface area (Å²) < 4.78 is 0. The minimum Gasteiger partial charge on any atom is -0.473 e. The molecule has 0 aromatic heterocycles. The molecule has 0 aliphatic rings. The lowest BCUT2D eigenvalue weighted by molar-refractivity contribution is -0.384. The zero-order valence-corrected chi connectivity index (χ0v) is 15.4. The third-order valence-electron chi connectivity index (χ3n) is 3.25. The van der Waals surface area contributed by atoms with E-state index in [4.69, 9.17) is 43.0 Å². The molecule has 144 valence electrons. The molecule has 27 heavy (non-hydrogen) atoms. The number of carboxylic acids is 2. The molecule has 0 spiro atoms. The zero-order chi connectivity index (χ0) is 20.4. The van der Waals surface area contributed by atoms with Crippen molar-refractivity contribution in [2.45, 2.75) is 13.0 Å². The van der Waals surface area contributed by atoms with Crippen LogP contribution in [-0.2, 0) is 22.6 Å². The molecule has 0 saturated carbocycles. The van der Waals surface area contributed by atoms with Gasteiger partial charge in [0.05, 0.1) is 4.92 Å². The van der Waals surface area contributed by atoms with E-state index in [1.54, 1.807) is 18.2 Å². The van der Waals surface area contributed by atoms with Gasteiger partial charge in [-0.25, -0.2) is 9.59 Å². The van der Waals surface area contributed by atoms with Crippen LogP contribution < -0.4 is 5.32 Å². The number of hydrogen-bond donors (Lipinski definition) is 3. The highest BCUT2D eigenvalue weighted by atomic mass is 35.5. The molecule has 0 fully saturated rings. The molecule has 10 heteroatoms. The molecule has 0 saturated heterocycles. The largest absolute Gasteiger partial charge is 0.473 e. The van der Waals surface area contributed by atoms with Crippen LogP contribution in [0.2, 0.25) is 10.0 Å². The minimum absolute atomic E-state index is 0.103. The molecule has 0 aliphatic carbocycles. The number of rotatable bonds is 6. The molecule has 2 rings (SSSR count). The van der Waals surface area contributed by atoms with Crippen LogP contribution in [0.5, 0.6) is 0 Å². The number of non-ortho nitro benzene ring substituents is 1. The fourth-order valence-electron chi connectivity index (χ4n) is 1.92. The van der Waals surface area contributed by atoms with Crippen LogP contribution in [0.4, 0.5) is 5.69 Å². The lowest BCUT2D eigenvalue weighted by Gasteiger charge is -2.07.